The lowest BCUT2D eigenvalue weighted by molar-refractivity contribution is -0.141. The van der Waals surface area contributed by atoms with Gasteiger partial charge in [-0.05, 0) is 31.0 Å². The monoisotopic (exact) mass is 269 g/mol. The molecule has 0 radical (unpaired) electrons. The van der Waals surface area contributed by atoms with Gasteiger partial charge in [0, 0.05) is 17.7 Å². The first kappa shape index (κ1) is 13.6. The lowest BCUT2D eigenvalue weighted by Gasteiger charge is -2.07. The summed E-state index contributed by atoms with van der Waals surface area (Å²) in [5.74, 6) is 0. The van der Waals surface area contributed by atoms with Gasteiger partial charge in [-0.15, -0.1) is 0 Å². The highest BCUT2D eigenvalue weighted by atomic mass is 19.4. The van der Waals surface area contributed by atoms with E-state index in [4.69, 9.17) is 5.73 Å². The first-order chi connectivity index (χ1) is 8.84. The number of aromatic amines is 1. The second-order valence-corrected chi connectivity index (χ2v) is 4.43. The van der Waals surface area contributed by atoms with Crippen LogP contribution in [-0.4, -0.2) is 10.2 Å². The smallest absolute Gasteiger partial charge is 0.326 e. The van der Waals surface area contributed by atoms with E-state index < -0.39 is 11.9 Å². The number of alkyl halides is 3. The van der Waals surface area contributed by atoms with Gasteiger partial charge in [-0.3, -0.25) is 5.10 Å². The Bertz CT molecular complexity index is 600. The number of nitrogens with zero attached hydrogens (tertiary/aromatic N) is 1. The number of aromatic nitrogens is 2. The van der Waals surface area contributed by atoms with Gasteiger partial charge < -0.3 is 5.73 Å². The molecule has 0 unspecified atom stereocenters. The lowest BCUT2D eigenvalue weighted by Crippen LogP contribution is -2.11. The maximum absolute atomic E-state index is 12.8. The number of rotatable bonds is 2. The molecule has 19 heavy (non-hydrogen) atoms. The summed E-state index contributed by atoms with van der Waals surface area (Å²) in [7, 11) is 0. The summed E-state index contributed by atoms with van der Waals surface area (Å²) in [5.41, 5.74) is 7.53. The maximum atomic E-state index is 12.8. The number of benzene rings is 1. The second-order valence-electron chi connectivity index (χ2n) is 4.43. The van der Waals surface area contributed by atoms with Gasteiger partial charge in [0.15, 0.2) is 0 Å². The minimum Gasteiger partial charge on any atom is -0.326 e. The molecule has 0 spiro atoms. The van der Waals surface area contributed by atoms with Crippen LogP contribution in [0.25, 0.3) is 11.3 Å². The molecule has 0 aliphatic carbocycles. The fraction of sp³-hybridized carbons (Fsp3) is 0.308. The fourth-order valence-corrected chi connectivity index (χ4v) is 1.93. The van der Waals surface area contributed by atoms with Crippen molar-refractivity contribution in [3.8, 4) is 11.3 Å². The molecule has 0 fully saturated rings. The molecule has 102 valence electrons. The largest absolute Gasteiger partial charge is 0.433 e. The molecular weight excluding hydrogens is 255 g/mol. The van der Waals surface area contributed by atoms with Gasteiger partial charge in [-0.2, -0.15) is 18.3 Å². The molecule has 3 nitrogen and oxygen atoms in total. The van der Waals surface area contributed by atoms with Crippen molar-refractivity contribution in [1.29, 1.82) is 0 Å². The average molecular weight is 269 g/mol. The molecule has 0 amide bonds. The van der Waals surface area contributed by atoms with Crippen LogP contribution in [0.15, 0.2) is 18.2 Å². The number of nitrogens with one attached hydrogen (secondary N) is 1. The number of hydrogen-bond acceptors (Lipinski definition) is 2. The molecule has 0 atom stereocenters. The van der Waals surface area contributed by atoms with Crippen molar-refractivity contribution in [2.24, 2.45) is 5.73 Å². The van der Waals surface area contributed by atoms with Gasteiger partial charge in [0.2, 0.25) is 0 Å². The Labute approximate surface area is 108 Å². The molecule has 1 aromatic carbocycles. The third-order valence-electron chi connectivity index (χ3n) is 3.14. The van der Waals surface area contributed by atoms with Crippen LogP contribution in [0.2, 0.25) is 0 Å². The highest BCUT2D eigenvalue weighted by Crippen LogP contribution is 2.35. The topological polar surface area (TPSA) is 54.7 Å². The van der Waals surface area contributed by atoms with Gasteiger partial charge in [0.25, 0.3) is 0 Å². The molecule has 0 bridgehead atoms. The SMILES string of the molecule is Cc1ccc(-c2n[nH]c(C(F)(F)F)c2CN)cc1C. The summed E-state index contributed by atoms with van der Waals surface area (Å²) in [6, 6.07) is 5.41. The first-order valence-corrected chi connectivity index (χ1v) is 5.76. The zero-order chi connectivity index (χ0) is 14.2. The van der Waals surface area contributed by atoms with Gasteiger partial charge in [0.05, 0.1) is 5.69 Å². The van der Waals surface area contributed by atoms with Crippen LogP contribution in [0.4, 0.5) is 13.2 Å². The fourth-order valence-electron chi connectivity index (χ4n) is 1.93. The normalized spacial score (nSPS) is 11.9. The molecule has 0 saturated carbocycles. The number of aryl methyl sites for hydroxylation is 2. The Morgan fingerprint density at radius 3 is 2.42 bits per heavy atom. The summed E-state index contributed by atoms with van der Waals surface area (Å²) >= 11 is 0. The molecule has 0 aliphatic rings. The van der Waals surface area contributed by atoms with Crippen LogP contribution >= 0.6 is 0 Å². The molecular formula is C13H14F3N3. The van der Waals surface area contributed by atoms with Crippen molar-refractivity contribution in [2.45, 2.75) is 26.6 Å². The van der Waals surface area contributed by atoms with Crippen LogP contribution < -0.4 is 5.73 Å². The van der Waals surface area contributed by atoms with Gasteiger partial charge in [0.1, 0.15) is 5.69 Å². The average Bonchev–Trinajstić information content (AvgIpc) is 2.76. The van der Waals surface area contributed by atoms with Gasteiger partial charge >= 0.3 is 6.18 Å². The summed E-state index contributed by atoms with van der Waals surface area (Å²) in [5, 5.41) is 5.81. The zero-order valence-electron chi connectivity index (χ0n) is 10.6. The van der Waals surface area contributed by atoms with E-state index in [0.717, 1.165) is 11.1 Å². The van der Waals surface area contributed by atoms with Crippen molar-refractivity contribution in [2.75, 3.05) is 0 Å². The van der Waals surface area contributed by atoms with Crippen LogP contribution in [0.1, 0.15) is 22.4 Å². The Morgan fingerprint density at radius 2 is 1.89 bits per heavy atom. The Kier molecular flexibility index (Phi) is 3.36. The van der Waals surface area contributed by atoms with Crippen molar-refractivity contribution in [3.05, 3.63) is 40.6 Å². The van der Waals surface area contributed by atoms with E-state index in [-0.39, 0.29) is 17.8 Å². The predicted octanol–water partition coefficient (Wildman–Crippen LogP) is 3.17. The third kappa shape index (κ3) is 2.49. The number of H-pyrrole nitrogens is 1. The molecule has 3 N–H and O–H groups in total. The number of nitrogens with two attached hydrogens (primary N) is 1. The quantitative estimate of drug-likeness (QED) is 0.879. The van der Waals surface area contributed by atoms with Crippen LogP contribution in [-0.2, 0) is 12.7 Å². The van der Waals surface area contributed by atoms with Crippen LogP contribution in [0, 0.1) is 13.8 Å². The minimum absolute atomic E-state index is 0.00393. The predicted molar refractivity (Wildman–Crippen MR) is 66.4 cm³/mol. The highest BCUT2D eigenvalue weighted by molar-refractivity contribution is 5.65. The standard InChI is InChI=1S/C13H14F3N3/c1-7-3-4-9(5-8(7)2)11-10(6-17)12(19-18-11)13(14,15)16/h3-5H,6,17H2,1-2H3,(H,18,19). The van der Waals surface area contributed by atoms with Crippen LogP contribution in [0.3, 0.4) is 0 Å². The summed E-state index contributed by atoms with van der Waals surface area (Å²) in [6.07, 6.45) is -4.47. The minimum atomic E-state index is -4.47. The van der Waals surface area contributed by atoms with E-state index in [2.05, 4.69) is 5.10 Å². The Morgan fingerprint density at radius 1 is 1.21 bits per heavy atom. The van der Waals surface area contributed by atoms with Crippen LogP contribution in [0.5, 0.6) is 0 Å². The molecule has 0 saturated heterocycles. The zero-order valence-corrected chi connectivity index (χ0v) is 10.6. The molecule has 1 heterocycles. The second kappa shape index (κ2) is 4.70. The van der Waals surface area contributed by atoms with Gasteiger partial charge in [-0.25, -0.2) is 0 Å². The summed E-state index contributed by atoms with van der Waals surface area (Å²) in [6.45, 7) is 3.63. The van der Waals surface area contributed by atoms with E-state index in [0.29, 0.717) is 5.56 Å². The van der Waals surface area contributed by atoms with Crippen molar-refractivity contribution >= 4 is 0 Å². The van der Waals surface area contributed by atoms with Gasteiger partial charge in [-0.1, -0.05) is 12.1 Å². The molecule has 0 aliphatic heterocycles. The van der Waals surface area contributed by atoms with Crippen molar-refractivity contribution < 1.29 is 13.2 Å². The van der Waals surface area contributed by atoms with E-state index in [9.17, 15) is 13.2 Å². The van der Waals surface area contributed by atoms with Crippen molar-refractivity contribution in [3.63, 3.8) is 0 Å². The maximum Gasteiger partial charge on any atom is 0.433 e. The van der Waals surface area contributed by atoms with E-state index in [1.165, 1.54) is 0 Å². The van der Waals surface area contributed by atoms with E-state index in [1.54, 1.807) is 6.07 Å². The van der Waals surface area contributed by atoms with E-state index >= 15 is 0 Å². The lowest BCUT2D eigenvalue weighted by atomic mass is 10.0. The Balaban J connectivity index is 2.57. The molecule has 6 heteroatoms. The van der Waals surface area contributed by atoms with E-state index in [1.807, 2.05) is 31.1 Å². The molecule has 2 aromatic rings. The number of hydrogen-bond donors (Lipinski definition) is 2. The Hall–Kier alpha value is -1.82. The summed E-state index contributed by atoms with van der Waals surface area (Å²) < 4.78 is 38.3. The summed E-state index contributed by atoms with van der Waals surface area (Å²) in [4.78, 5) is 0. The highest BCUT2D eigenvalue weighted by Gasteiger charge is 2.36. The third-order valence-corrected chi connectivity index (χ3v) is 3.14. The number of halogens is 3. The molecule has 1 aromatic heterocycles. The first-order valence-electron chi connectivity index (χ1n) is 5.76. The van der Waals surface area contributed by atoms with Crippen molar-refractivity contribution in [1.82, 2.24) is 10.2 Å². The molecule has 2 rings (SSSR count).